The quantitative estimate of drug-likeness (QED) is 0.746. The molecule has 7 nitrogen and oxygen atoms in total. The fourth-order valence-corrected chi connectivity index (χ4v) is 4.98. The van der Waals surface area contributed by atoms with Gasteiger partial charge in [-0.25, -0.2) is 13.1 Å². The van der Waals surface area contributed by atoms with Crippen molar-refractivity contribution >= 4 is 22.1 Å². The van der Waals surface area contributed by atoms with Crippen molar-refractivity contribution in [3.05, 3.63) is 29.3 Å². The molecule has 0 radical (unpaired) electrons. The second-order valence-electron chi connectivity index (χ2n) is 6.01. The zero-order chi connectivity index (χ0) is 17.3. The second-order valence-corrected chi connectivity index (χ2v) is 8.60. The summed E-state index contributed by atoms with van der Waals surface area (Å²) < 4.78 is 27.7. The van der Waals surface area contributed by atoms with Crippen molar-refractivity contribution in [3.63, 3.8) is 0 Å². The smallest absolute Gasteiger partial charge is 0.199 e. The van der Waals surface area contributed by atoms with E-state index in [1.165, 1.54) is 0 Å². The molecule has 0 saturated carbocycles. The number of hydrogen-bond donors (Lipinski definition) is 0. The van der Waals surface area contributed by atoms with Crippen LogP contribution in [0.1, 0.15) is 13.3 Å². The maximum Gasteiger partial charge on any atom is 0.199 e. The van der Waals surface area contributed by atoms with E-state index in [1.54, 1.807) is 17.1 Å². The Bertz CT molecular complexity index is 873. The van der Waals surface area contributed by atoms with Crippen molar-refractivity contribution in [1.82, 2.24) is 24.2 Å². The van der Waals surface area contributed by atoms with Gasteiger partial charge in [-0.15, -0.1) is 0 Å². The number of aromatic nitrogens is 4. The third-order valence-corrected chi connectivity index (χ3v) is 6.64. The molecule has 130 valence electrons. The molecule has 0 aliphatic carbocycles. The van der Waals surface area contributed by atoms with Crippen LogP contribution in [0.25, 0.3) is 11.4 Å². The van der Waals surface area contributed by atoms with E-state index in [-0.39, 0.29) is 17.5 Å². The van der Waals surface area contributed by atoms with Crippen LogP contribution in [-0.2, 0) is 23.6 Å². The van der Waals surface area contributed by atoms with Gasteiger partial charge in [0.15, 0.2) is 20.4 Å². The van der Waals surface area contributed by atoms with Crippen molar-refractivity contribution in [2.24, 2.45) is 7.05 Å². The Kier molecular flexibility index (Phi) is 4.84. The highest BCUT2D eigenvalue weighted by atomic mass is 32.2. The van der Waals surface area contributed by atoms with E-state index in [1.807, 2.05) is 30.7 Å². The number of hydrogen-bond acceptors (Lipinski definition) is 6. The predicted molar refractivity (Wildman–Crippen MR) is 94.7 cm³/mol. The van der Waals surface area contributed by atoms with Crippen LogP contribution < -0.4 is 0 Å². The summed E-state index contributed by atoms with van der Waals surface area (Å²) in [5.41, 5.74) is 0.899. The van der Waals surface area contributed by atoms with Crippen LogP contribution in [-0.4, -0.2) is 56.7 Å². The molecule has 0 unspecified atom stereocenters. The summed E-state index contributed by atoms with van der Waals surface area (Å²) in [4.78, 5) is 6.25. The topological polar surface area (TPSA) is 73.0 Å². The molecule has 0 spiro atoms. The highest BCUT2D eigenvalue weighted by Crippen LogP contribution is 2.20. The fraction of sp³-hybridized carbons (Fsp3) is 0.533. The first-order valence-electron chi connectivity index (χ1n) is 7.90. The molecule has 0 N–H and O–H groups in total. The molecule has 1 saturated heterocycles. The van der Waals surface area contributed by atoms with Crippen LogP contribution in [0.2, 0.25) is 0 Å². The van der Waals surface area contributed by atoms with E-state index in [9.17, 15) is 8.42 Å². The highest BCUT2D eigenvalue weighted by molar-refractivity contribution is 7.91. The van der Waals surface area contributed by atoms with Crippen LogP contribution in [0.5, 0.6) is 0 Å². The Hall–Kier alpha value is -1.58. The normalized spacial score (nSPS) is 19.9. The molecule has 1 fully saturated rings. The maximum absolute atomic E-state index is 11.7. The Labute approximate surface area is 146 Å². The summed E-state index contributed by atoms with van der Waals surface area (Å²) in [5.74, 6) is 1.24. The molecule has 0 bridgehead atoms. The van der Waals surface area contributed by atoms with Gasteiger partial charge in [0.25, 0.3) is 0 Å². The Morgan fingerprint density at radius 1 is 1.46 bits per heavy atom. The summed E-state index contributed by atoms with van der Waals surface area (Å²) in [6.45, 7) is 3.27. The Morgan fingerprint density at radius 3 is 2.83 bits per heavy atom. The minimum absolute atomic E-state index is 0.0331. The molecule has 1 aliphatic rings. The Morgan fingerprint density at radius 2 is 2.25 bits per heavy atom. The molecule has 2 aromatic heterocycles. The lowest BCUT2D eigenvalue weighted by molar-refractivity contribution is 0.164. The minimum Gasteiger partial charge on any atom is -0.303 e. The summed E-state index contributed by atoms with van der Waals surface area (Å²) in [5, 5.41) is 4.62. The second kappa shape index (κ2) is 6.73. The molecule has 3 rings (SSSR count). The van der Waals surface area contributed by atoms with Gasteiger partial charge >= 0.3 is 0 Å². The van der Waals surface area contributed by atoms with Crippen molar-refractivity contribution in [2.45, 2.75) is 26.1 Å². The molecular formula is C15H21N5O2S2. The molecular weight excluding hydrogens is 346 g/mol. The Balaban J connectivity index is 1.86. The van der Waals surface area contributed by atoms with Gasteiger partial charge in [-0.2, -0.15) is 5.10 Å². The number of rotatable bonds is 5. The minimum atomic E-state index is -2.91. The fourth-order valence-electron chi connectivity index (χ4n) is 3.04. The summed E-state index contributed by atoms with van der Waals surface area (Å²) in [6, 6.07) is 3.83. The molecule has 3 heterocycles. The largest absolute Gasteiger partial charge is 0.303 e. The standard InChI is InChI=1S/C15H21N5O2S2/c1-3-19(13-6-8-24(21,22)10-13)11-20-15(23)18(2)14(17-20)12-5-4-7-16-9-12/h4-5,7,9,13H,3,6,8,10-11H2,1-2H3/t13-/m0/s1. The third-order valence-electron chi connectivity index (χ3n) is 4.41. The van der Waals surface area contributed by atoms with Crippen LogP contribution in [0.3, 0.4) is 0 Å². The molecule has 1 aliphatic heterocycles. The van der Waals surface area contributed by atoms with Gasteiger partial charge in [-0.1, -0.05) is 6.92 Å². The lowest BCUT2D eigenvalue weighted by Crippen LogP contribution is -2.37. The van der Waals surface area contributed by atoms with Gasteiger partial charge in [0.2, 0.25) is 0 Å². The number of sulfone groups is 1. The van der Waals surface area contributed by atoms with Gasteiger partial charge in [0.05, 0.1) is 18.2 Å². The van der Waals surface area contributed by atoms with Gasteiger partial charge in [-0.05, 0) is 37.3 Å². The van der Waals surface area contributed by atoms with Crippen molar-refractivity contribution < 1.29 is 8.42 Å². The molecule has 2 aromatic rings. The van der Waals surface area contributed by atoms with Crippen LogP contribution in [0.4, 0.5) is 0 Å². The first kappa shape index (κ1) is 17.2. The number of pyridine rings is 1. The van der Waals surface area contributed by atoms with E-state index >= 15 is 0 Å². The summed E-state index contributed by atoms with van der Waals surface area (Å²) in [6.07, 6.45) is 4.14. The van der Waals surface area contributed by atoms with E-state index in [0.29, 0.717) is 17.9 Å². The van der Waals surface area contributed by atoms with Crippen molar-refractivity contribution in [1.29, 1.82) is 0 Å². The molecule has 9 heteroatoms. The van der Waals surface area contributed by atoms with Crippen LogP contribution in [0, 0.1) is 4.77 Å². The number of nitrogens with zero attached hydrogens (tertiary/aromatic N) is 5. The lowest BCUT2D eigenvalue weighted by Gasteiger charge is -2.25. The van der Waals surface area contributed by atoms with Crippen molar-refractivity contribution in [3.8, 4) is 11.4 Å². The lowest BCUT2D eigenvalue weighted by atomic mass is 10.2. The first-order valence-corrected chi connectivity index (χ1v) is 10.1. The average molecular weight is 368 g/mol. The van der Waals surface area contributed by atoms with Gasteiger partial charge in [-0.3, -0.25) is 9.88 Å². The molecule has 24 heavy (non-hydrogen) atoms. The monoisotopic (exact) mass is 367 g/mol. The van der Waals surface area contributed by atoms with E-state index in [0.717, 1.165) is 17.9 Å². The van der Waals surface area contributed by atoms with Gasteiger partial charge < -0.3 is 4.57 Å². The first-order chi connectivity index (χ1) is 11.4. The zero-order valence-electron chi connectivity index (χ0n) is 13.8. The SMILES string of the molecule is CCN(Cn1nc(-c2cccnc2)n(C)c1=S)[C@H]1CCS(=O)(=O)C1. The zero-order valence-corrected chi connectivity index (χ0v) is 15.4. The van der Waals surface area contributed by atoms with Crippen LogP contribution >= 0.6 is 12.2 Å². The molecule has 0 aromatic carbocycles. The van der Waals surface area contributed by atoms with Crippen LogP contribution in [0.15, 0.2) is 24.5 Å². The predicted octanol–water partition coefficient (Wildman–Crippen LogP) is 1.48. The highest BCUT2D eigenvalue weighted by Gasteiger charge is 2.32. The van der Waals surface area contributed by atoms with Gasteiger partial charge in [0, 0.05) is 31.0 Å². The van der Waals surface area contributed by atoms with E-state index < -0.39 is 9.84 Å². The third kappa shape index (κ3) is 3.42. The average Bonchev–Trinajstić information content (AvgIpc) is 3.07. The molecule has 0 amide bonds. The van der Waals surface area contributed by atoms with E-state index in [2.05, 4.69) is 15.0 Å². The van der Waals surface area contributed by atoms with Gasteiger partial charge in [0.1, 0.15) is 0 Å². The summed E-state index contributed by atoms with van der Waals surface area (Å²) in [7, 11) is -1.03. The summed E-state index contributed by atoms with van der Waals surface area (Å²) >= 11 is 5.50. The van der Waals surface area contributed by atoms with E-state index in [4.69, 9.17) is 12.2 Å². The molecule has 1 atom stereocenters. The maximum atomic E-state index is 11.7. The van der Waals surface area contributed by atoms with Crippen molar-refractivity contribution in [2.75, 3.05) is 18.1 Å².